The normalized spacial score (nSPS) is 25.4. The third kappa shape index (κ3) is 2.35. The summed E-state index contributed by atoms with van der Waals surface area (Å²) in [6.07, 6.45) is -0.168. The zero-order valence-electron chi connectivity index (χ0n) is 9.70. The lowest BCUT2D eigenvalue weighted by molar-refractivity contribution is -0.0507. The van der Waals surface area contributed by atoms with Crippen molar-refractivity contribution >= 4 is 0 Å². The Morgan fingerprint density at radius 2 is 2.00 bits per heavy atom. The van der Waals surface area contributed by atoms with Crippen molar-refractivity contribution in [1.82, 2.24) is 0 Å². The number of nitrogens with zero attached hydrogens (tertiary/aromatic N) is 1. The van der Waals surface area contributed by atoms with Crippen molar-refractivity contribution in [2.24, 2.45) is 5.41 Å². The lowest BCUT2D eigenvalue weighted by Crippen LogP contribution is -2.36. The van der Waals surface area contributed by atoms with Gasteiger partial charge in [0.25, 0.3) is 0 Å². The summed E-state index contributed by atoms with van der Waals surface area (Å²) in [5, 5.41) is 19.4. The predicted molar refractivity (Wildman–Crippen MR) is 59.4 cm³/mol. The molecule has 0 bridgehead atoms. The second-order valence-corrected chi connectivity index (χ2v) is 4.53. The molecule has 0 spiro atoms. The lowest BCUT2D eigenvalue weighted by atomic mass is 9.76. The Balaban J connectivity index is 2.34. The third-order valence-electron chi connectivity index (χ3n) is 3.22. The molecule has 1 aliphatic rings. The minimum absolute atomic E-state index is 0.0690. The van der Waals surface area contributed by atoms with Crippen LogP contribution in [0, 0.1) is 28.4 Å². The summed E-state index contributed by atoms with van der Waals surface area (Å²) in [4.78, 5) is 0. The molecule has 2 unspecified atom stereocenters. The molecule has 18 heavy (non-hydrogen) atoms. The van der Waals surface area contributed by atoms with Crippen molar-refractivity contribution in [3.05, 3.63) is 35.4 Å². The molecular weight excluding hydrogens is 240 g/mol. The highest BCUT2D eigenvalue weighted by atomic mass is 19.1. The van der Waals surface area contributed by atoms with Crippen molar-refractivity contribution in [3.63, 3.8) is 0 Å². The number of aliphatic hydroxyl groups is 1. The quantitative estimate of drug-likeness (QED) is 0.880. The SMILES string of the molecule is N#CC1(C(O)c2cc(F)cc(F)c2)CCCOC1. The summed E-state index contributed by atoms with van der Waals surface area (Å²) < 4.78 is 31.4. The average molecular weight is 253 g/mol. The molecule has 2 atom stereocenters. The molecule has 0 amide bonds. The lowest BCUT2D eigenvalue weighted by Gasteiger charge is -2.34. The van der Waals surface area contributed by atoms with E-state index in [4.69, 9.17) is 4.74 Å². The van der Waals surface area contributed by atoms with E-state index in [1.165, 1.54) is 0 Å². The van der Waals surface area contributed by atoms with E-state index >= 15 is 0 Å². The zero-order chi connectivity index (χ0) is 13.2. The zero-order valence-corrected chi connectivity index (χ0v) is 9.70. The van der Waals surface area contributed by atoms with Gasteiger partial charge in [0, 0.05) is 12.7 Å². The Morgan fingerprint density at radius 1 is 1.33 bits per heavy atom. The molecule has 1 N–H and O–H groups in total. The van der Waals surface area contributed by atoms with Gasteiger partial charge in [-0.2, -0.15) is 5.26 Å². The number of hydrogen-bond donors (Lipinski definition) is 1. The monoisotopic (exact) mass is 253 g/mol. The summed E-state index contributed by atoms with van der Waals surface area (Å²) in [5.41, 5.74) is -1.06. The van der Waals surface area contributed by atoms with Gasteiger partial charge in [0.2, 0.25) is 0 Å². The summed E-state index contributed by atoms with van der Waals surface area (Å²) >= 11 is 0. The molecule has 3 nitrogen and oxygen atoms in total. The van der Waals surface area contributed by atoms with Crippen molar-refractivity contribution in [3.8, 4) is 6.07 Å². The van der Waals surface area contributed by atoms with Crippen molar-refractivity contribution in [2.45, 2.75) is 18.9 Å². The van der Waals surface area contributed by atoms with E-state index in [0.29, 0.717) is 19.4 Å². The number of rotatable bonds is 2. The number of halogens is 2. The topological polar surface area (TPSA) is 53.2 Å². The van der Waals surface area contributed by atoms with Crippen LogP contribution in [0.4, 0.5) is 8.78 Å². The molecule has 2 rings (SSSR count). The largest absolute Gasteiger partial charge is 0.387 e. The molecule has 1 aromatic rings. The second-order valence-electron chi connectivity index (χ2n) is 4.53. The molecular formula is C13H13F2NO2. The maximum atomic E-state index is 13.1. The average Bonchev–Trinajstić information content (AvgIpc) is 2.37. The molecule has 0 saturated carbocycles. The highest BCUT2D eigenvalue weighted by Gasteiger charge is 2.41. The van der Waals surface area contributed by atoms with Crippen LogP contribution in [0.15, 0.2) is 18.2 Å². The van der Waals surface area contributed by atoms with Gasteiger partial charge in [0.1, 0.15) is 23.2 Å². The Labute approximate surface area is 104 Å². The van der Waals surface area contributed by atoms with E-state index in [1.807, 2.05) is 6.07 Å². The van der Waals surface area contributed by atoms with Crippen LogP contribution in [-0.2, 0) is 4.74 Å². The van der Waals surface area contributed by atoms with Gasteiger partial charge in [-0.15, -0.1) is 0 Å². The maximum absolute atomic E-state index is 13.1. The van der Waals surface area contributed by atoms with Gasteiger partial charge in [-0.05, 0) is 30.5 Å². The molecule has 1 aliphatic heterocycles. The summed E-state index contributed by atoms with van der Waals surface area (Å²) in [5.74, 6) is -1.54. The molecule has 96 valence electrons. The molecule has 0 radical (unpaired) electrons. The van der Waals surface area contributed by atoms with Crippen LogP contribution in [0.3, 0.4) is 0 Å². The Morgan fingerprint density at radius 3 is 2.50 bits per heavy atom. The first kappa shape index (κ1) is 12.9. The highest BCUT2D eigenvalue weighted by Crippen LogP contribution is 2.40. The van der Waals surface area contributed by atoms with Crippen LogP contribution in [0.1, 0.15) is 24.5 Å². The first-order valence-corrected chi connectivity index (χ1v) is 5.70. The smallest absolute Gasteiger partial charge is 0.126 e. The minimum Gasteiger partial charge on any atom is -0.387 e. The van der Waals surface area contributed by atoms with Gasteiger partial charge >= 0.3 is 0 Å². The number of benzene rings is 1. The number of hydrogen-bond acceptors (Lipinski definition) is 3. The first-order chi connectivity index (χ1) is 8.57. The standard InChI is InChI=1S/C13H13F2NO2/c14-10-4-9(5-11(15)6-10)12(17)13(7-16)2-1-3-18-8-13/h4-6,12,17H,1-3,8H2. The van der Waals surface area contributed by atoms with Crippen LogP contribution in [-0.4, -0.2) is 18.3 Å². The van der Waals surface area contributed by atoms with E-state index in [2.05, 4.69) is 0 Å². The van der Waals surface area contributed by atoms with Gasteiger partial charge in [-0.3, -0.25) is 0 Å². The van der Waals surface area contributed by atoms with Gasteiger partial charge < -0.3 is 9.84 Å². The maximum Gasteiger partial charge on any atom is 0.126 e. The van der Waals surface area contributed by atoms with E-state index < -0.39 is 23.2 Å². The van der Waals surface area contributed by atoms with Gasteiger partial charge in [0.15, 0.2) is 0 Å². The fraction of sp³-hybridized carbons (Fsp3) is 0.462. The van der Waals surface area contributed by atoms with Gasteiger partial charge in [0.05, 0.1) is 12.7 Å². The molecule has 0 aliphatic carbocycles. The van der Waals surface area contributed by atoms with E-state index in [1.54, 1.807) is 0 Å². The van der Waals surface area contributed by atoms with Crippen molar-refractivity contribution in [1.29, 1.82) is 5.26 Å². The molecule has 5 heteroatoms. The Kier molecular flexibility index (Phi) is 3.60. The minimum atomic E-state index is -1.26. The van der Waals surface area contributed by atoms with E-state index in [-0.39, 0.29) is 12.2 Å². The summed E-state index contributed by atoms with van der Waals surface area (Å²) in [6.45, 7) is 0.608. The van der Waals surface area contributed by atoms with E-state index in [0.717, 1.165) is 18.2 Å². The van der Waals surface area contributed by atoms with Gasteiger partial charge in [-0.1, -0.05) is 0 Å². The number of ether oxygens (including phenoxy) is 1. The number of nitriles is 1. The van der Waals surface area contributed by atoms with Crippen LogP contribution in [0.2, 0.25) is 0 Å². The second kappa shape index (κ2) is 5.01. The molecule has 1 aromatic carbocycles. The fourth-order valence-electron chi connectivity index (χ4n) is 2.23. The Hall–Kier alpha value is -1.51. The van der Waals surface area contributed by atoms with Crippen LogP contribution in [0.5, 0.6) is 0 Å². The van der Waals surface area contributed by atoms with Gasteiger partial charge in [-0.25, -0.2) is 8.78 Å². The van der Waals surface area contributed by atoms with Crippen LogP contribution >= 0.6 is 0 Å². The predicted octanol–water partition coefficient (Wildman–Crippen LogP) is 2.32. The van der Waals surface area contributed by atoms with Crippen LogP contribution < -0.4 is 0 Å². The highest BCUT2D eigenvalue weighted by molar-refractivity contribution is 5.25. The fourth-order valence-corrected chi connectivity index (χ4v) is 2.23. The number of aliphatic hydroxyl groups excluding tert-OH is 1. The Bertz CT molecular complexity index is 458. The summed E-state index contributed by atoms with van der Waals surface area (Å²) in [6, 6.07) is 4.85. The molecule has 0 aromatic heterocycles. The van der Waals surface area contributed by atoms with Crippen molar-refractivity contribution < 1.29 is 18.6 Å². The molecule has 1 fully saturated rings. The first-order valence-electron chi connectivity index (χ1n) is 5.70. The third-order valence-corrected chi connectivity index (χ3v) is 3.22. The van der Waals surface area contributed by atoms with Crippen LogP contribution in [0.25, 0.3) is 0 Å². The molecule has 1 saturated heterocycles. The summed E-state index contributed by atoms with van der Waals surface area (Å²) in [7, 11) is 0. The van der Waals surface area contributed by atoms with Crippen molar-refractivity contribution in [2.75, 3.05) is 13.2 Å². The molecule has 1 heterocycles. The van der Waals surface area contributed by atoms with E-state index in [9.17, 15) is 19.1 Å².